The van der Waals surface area contributed by atoms with Crippen molar-refractivity contribution in [1.82, 2.24) is 4.57 Å². The number of fused-ring (bicyclic) bond motifs is 1. The van der Waals surface area contributed by atoms with Crippen LogP contribution in [0, 0.1) is 0 Å². The van der Waals surface area contributed by atoms with Gasteiger partial charge in [0.2, 0.25) is 0 Å². The van der Waals surface area contributed by atoms with E-state index in [1.54, 1.807) is 0 Å². The molecule has 0 spiro atoms. The van der Waals surface area contributed by atoms with Gasteiger partial charge in [-0.15, -0.1) is 0 Å². The Morgan fingerprint density at radius 3 is 2.10 bits per heavy atom. The number of aliphatic hydroxyl groups excluding tert-OH is 2. The predicted molar refractivity (Wildman–Crippen MR) is 79.3 cm³/mol. The zero-order chi connectivity index (χ0) is 13.9. The Hall–Kier alpha value is -2.10. The van der Waals surface area contributed by atoms with E-state index in [0.717, 1.165) is 28.6 Å². The van der Waals surface area contributed by atoms with Crippen molar-refractivity contribution in [1.29, 1.82) is 0 Å². The smallest absolute Gasteiger partial charge is 0.0682 e. The van der Waals surface area contributed by atoms with Crippen LogP contribution < -0.4 is 0 Å². The van der Waals surface area contributed by atoms with Crippen LogP contribution in [0.15, 0.2) is 54.7 Å². The number of benzene rings is 2. The zero-order valence-corrected chi connectivity index (χ0v) is 11.2. The maximum atomic E-state index is 9.16. The highest BCUT2D eigenvalue weighted by Crippen LogP contribution is 2.19. The monoisotopic (exact) mass is 267 g/mol. The fraction of sp³-hybridized carbons (Fsp3) is 0.176. The van der Waals surface area contributed by atoms with E-state index in [4.69, 9.17) is 10.2 Å². The van der Waals surface area contributed by atoms with Gasteiger partial charge in [-0.3, -0.25) is 0 Å². The number of aromatic nitrogens is 1. The molecule has 2 aromatic carbocycles. The van der Waals surface area contributed by atoms with Crippen LogP contribution in [-0.2, 0) is 19.8 Å². The highest BCUT2D eigenvalue weighted by Gasteiger charge is 2.03. The van der Waals surface area contributed by atoms with E-state index >= 15 is 0 Å². The molecule has 3 heteroatoms. The van der Waals surface area contributed by atoms with Crippen molar-refractivity contribution in [3.05, 3.63) is 71.4 Å². The average molecular weight is 267 g/mol. The Labute approximate surface area is 117 Å². The third kappa shape index (κ3) is 2.46. The van der Waals surface area contributed by atoms with Gasteiger partial charge in [0.25, 0.3) is 0 Å². The third-order valence-electron chi connectivity index (χ3n) is 3.58. The molecule has 0 radical (unpaired) electrons. The lowest BCUT2D eigenvalue weighted by Gasteiger charge is -2.07. The largest absolute Gasteiger partial charge is 0.392 e. The molecule has 20 heavy (non-hydrogen) atoms. The molecular weight excluding hydrogens is 250 g/mol. The second kappa shape index (κ2) is 5.49. The minimum Gasteiger partial charge on any atom is -0.392 e. The molecule has 0 saturated carbocycles. The molecule has 2 N–H and O–H groups in total. The van der Waals surface area contributed by atoms with Gasteiger partial charge < -0.3 is 14.8 Å². The topological polar surface area (TPSA) is 45.4 Å². The zero-order valence-electron chi connectivity index (χ0n) is 11.2. The summed E-state index contributed by atoms with van der Waals surface area (Å²) in [5.41, 5.74) is 4.22. The van der Waals surface area contributed by atoms with Crippen LogP contribution in [0.5, 0.6) is 0 Å². The van der Waals surface area contributed by atoms with Crippen LogP contribution >= 0.6 is 0 Å². The Balaban J connectivity index is 1.90. The van der Waals surface area contributed by atoms with Crippen LogP contribution in [0.3, 0.4) is 0 Å². The summed E-state index contributed by atoms with van der Waals surface area (Å²) in [5.74, 6) is 0. The standard InChI is InChI=1S/C17H17NO2/c19-11-14-3-1-13(2-4-14)10-18-8-7-16-9-15(12-20)5-6-17(16)18/h1-9,19-20H,10-12H2. The summed E-state index contributed by atoms with van der Waals surface area (Å²) in [6.45, 7) is 0.952. The van der Waals surface area contributed by atoms with E-state index in [0.29, 0.717) is 0 Å². The third-order valence-corrected chi connectivity index (χ3v) is 3.58. The van der Waals surface area contributed by atoms with E-state index in [1.165, 1.54) is 5.56 Å². The molecule has 1 aromatic heterocycles. The summed E-state index contributed by atoms with van der Waals surface area (Å²) < 4.78 is 2.18. The molecule has 0 aliphatic rings. The lowest BCUT2D eigenvalue weighted by molar-refractivity contribution is 0.281. The number of hydrogen-bond donors (Lipinski definition) is 2. The molecule has 3 aromatic rings. The van der Waals surface area contributed by atoms with Gasteiger partial charge in [-0.2, -0.15) is 0 Å². The van der Waals surface area contributed by atoms with Crippen molar-refractivity contribution in [2.75, 3.05) is 0 Å². The molecule has 1 heterocycles. The Morgan fingerprint density at radius 1 is 0.750 bits per heavy atom. The van der Waals surface area contributed by atoms with Gasteiger partial charge in [0, 0.05) is 18.3 Å². The maximum Gasteiger partial charge on any atom is 0.0682 e. The van der Waals surface area contributed by atoms with Crippen molar-refractivity contribution in [2.24, 2.45) is 0 Å². The van der Waals surface area contributed by atoms with Crippen LogP contribution in [0.1, 0.15) is 16.7 Å². The summed E-state index contributed by atoms with van der Waals surface area (Å²) in [5, 5.41) is 19.4. The number of rotatable bonds is 4. The van der Waals surface area contributed by atoms with Gasteiger partial charge in [0.15, 0.2) is 0 Å². The Morgan fingerprint density at radius 2 is 1.40 bits per heavy atom. The number of nitrogens with zero attached hydrogens (tertiary/aromatic N) is 1. The van der Waals surface area contributed by atoms with Gasteiger partial charge >= 0.3 is 0 Å². The van der Waals surface area contributed by atoms with E-state index < -0.39 is 0 Å². The lowest BCUT2D eigenvalue weighted by Crippen LogP contribution is -1.98. The summed E-state index contributed by atoms with van der Waals surface area (Å²) in [7, 11) is 0. The minimum absolute atomic E-state index is 0.0732. The first-order valence-corrected chi connectivity index (χ1v) is 6.67. The highest BCUT2D eigenvalue weighted by atomic mass is 16.3. The van der Waals surface area contributed by atoms with Crippen molar-refractivity contribution in [3.63, 3.8) is 0 Å². The van der Waals surface area contributed by atoms with Crippen LogP contribution in [-0.4, -0.2) is 14.8 Å². The molecule has 0 saturated heterocycles. The second-order valence-electron chi connectivity index (χ2n) is 4.97. The molecule has 0 fully saturated rings. The fourth-order valence-corrected chi connectivity index (χ4v) is 2.43. The molecule has 0 atom stereocenters. The van der Waals surface area contributed by atoms with E-state index in [9.17, 15) is 0 Å². The summed E-state index contributed by atoms with van der Waals surface area (Å²) >= 11 is 0. The normalized spacial score (nSPS) is 11.1. The van der Waals surface area contributed by atoms with E-state index in [2.05, 4.69) is 16.8 Å². The molecule has 0 aliphatic carbocycles. The minimum atomic E-state index is 0.0732. The van der Waals surface area contributed by atoms with Gasteiger partial charge in [-0.1, -0.05) is 30.3 Å². The van der Waals surface area contributed by atoms with Gasteiger partial charge in [-0.05, 0) is 40.3 Å². The van der Waals surface area contributed by atoms with Crippen molar-refractivity contribution >= 4 is 10.9 Å². The highest BCUT2D eigenvalue weighted by molar-refractivity contribution is 5.81. The van der Waals surface area contributed by atoms with Gasteiger partial charge in [0.1, 0.15) is 0 Å². The summed E-state index contributed by atoms with van der Waals surface area (Å²) in [6, 6.07) is 16.1. The maximum absolute atomic E-state index is 9.16. The van der Waals surface area contributed by atoms with E-state index in [-0.39, 0.29) is 13.2 Å². The molecule has 0 amide bonds. The quantitative estimate of drug-likeness (QED) is 0.763. The van der Waals surface area contributed by atoms with Gasteiger partial charge in [-0.25, -0.2) is 0 Å². The molecule has 3 nitrogen and oxygen atoms in total. The average Bonchev–Trinajstić information content (AvgIpc) is 2.90. The van der Waals surface area contributed by atoms with Crippen LogP contribution in [0.2, 0.25) is 0 Å². The van der Waals surface area contributed by atoms with Crippen LogP contribution in [0.25, 0.3) is 10.9 Å². The fourth-order valence-electron chi connectivity index (χ4n) is 2.43. The molecule has 3 rings (SSSR count). The number of hydrogen-bond acceptors (Lipinski definition) is 2. The Kier molecular flexibility index (Phi) is 3.54. The lowest BCUT2D eigenvalue weighted by atomic mass is 10.1. The Bertz CT molecular complexity index is 713. The first kappa shape index (κ1) is 12.9. The van der Waals surface area contributed by atoms with E-state index in [1.807, 2.05) is 42.5 Å². The predicted octanol–water partition coefficient (Wildman–Crippen LogP) is 2.67. The summed E-state index contributed by atoms with van der Waals surface area (Å²) in [6.07, 6.45) is 2.06. The molecule has 0 unspecified atom stereocenters. The van der Waals surface area contributed by atoms with Crippen LogP contribution in [0.4, 0.5) is 0 Å². The second-order valence-corrected chi connectivity index (χ2v) is 4.97. The summed E-state index contributed by atoms with van der Waals surface area (Å²) in [4.78, 5) is 0. The van der Waals surface area contributed by atoms with Crippen molar-refractivity contribution in [2.45, 2.75) is 19.8 Å². The molecular formula is C17H17NO2. The molecule has 0 bridgehead atoms. The first-order chi connectivity index (χ1) is 9.80. The molecule has 102 valence electrons. The first-order valence-electron chi connectivity index (χ1n) is 6.67. The molecule has 0 aliphatic heterocycles. The van der Waals surface area contributed by atoms with Gasteiger partial charge in [0.05, 0.1) is 13.2 Å². The number of aliphatic hydroxyl groups is 2. The SMILES string of the molecule is OCc1ccc(Cn2ccc3cc(CO)ccc32)cc1. The van der Waals surface area contributed by atoms with Crippen molar-refractivity contribution < 1.29 is 10.2 Å². The van der Waals surface area contributed by atoms with Crippen molar-refractivity contribution in [3.8, 4) is 0 Å².